The summed E-state index contributed by atoms with van der Waals surface area (Å²) in [6.45, 7) is 0. The Bertz CT molecular complexity index is 306. The molecule has 0 aromatic heterocycles. The molecule has 0 saturated heterocycles. The summed E-state index contributed by atoms with van der Waals surface area (Å²) in [5, 5.41) is 0. The summed E-state index contributed by atoms with van der Waals surface area (Å²) in [5.74, 6) is 0. The van der Waals surface area contributed by atoms with Gasteiger partial charge in [-0.15, -0.1) is 5.56 Å². The third-order valence-electron chi connectivity index (χ3n) is 1.75. The summed E-state index contributed by atoms with van der Waals surface area (Å²) < 4.78 is 0. The average Bonchev–Trinajstić information content (AvgIpc) is 2.21. The molecule has 0 aliphatic heterocycles. The minimum absolute atomic E-state index is 0. The molecule has 0 aliphatic carbocycles. The SMILES string of the molecule is [Li+].[Li+].[c-]1c[c-]cc(-c2ccccc2)c1. The van der Waals surface area contributed by atoms with Gasteiger partial charge in [0.05, 0.1) is 0 Å². The van der Waals surface area contributed by atoms with Gasteiger partial charge in [-0.1, -0.05) is 30.3 Å². The monoisotopic (exact) mass is 166 g/mol. The molecule has 2 aromatic carbocycles. The molecule has 0 bridgehead atoms. The van der Waals surface area contributed by atoms with Crippen molar-refractivity contribution in [3.8, 4) is 11.1 Å². The van der Waals surface area contributed by atoms with E-state index in [-0.39, 0.29) is 37.7 Å². The van der Waals surface area contributed by atoms with Crippen molar-refractivity contribution in [2.75, 3.05) is 0 Å². The standard InChI is InChI=1S/C12H8.2Li/c1-3-7-11(8-4-1)12-9-5-2-6-10-12;;/h1-4,7-10H;;/q-2;2*+1. The van der Waals surface area contributed by atoms with E-state index in [9.17, 15) is 0 Å². The Hall–Kier alpha value is -0.365. The van der Waals surface area contributed by atoms with Crippen LogP contribution in [0.4, 0.5) is 0 Å². The Labute approximate surface area is 109 Å². The Balaban J connectivity index is 0.000000845. The van der Waals surface area contributed by atoms with Gasteiger partial charge < -0.3 is 18.2 Å². The molecule has 2 aromatic rings. The summed E-state index contributed by atoms with van der Waals surface area (Å²) in [7, 11) is 0. The Morgan fingerprint density at radius 2 is 1.29 bits per heavy atom. The average molecular weight is 166 g/mol. The summed E-state index contributed by atoms with van der Waals surface area (Å²) in [6.07, 6.45) is 0. The fourth-order valence-electron chi connectivity index (χ4n) is 1.15. The third-order valence-corrected chi connectivity index (χ3v) is 1.75. The van der Waals surface area contributed by atoms with E-state index in [1.807, 2.05) is 30.3 Å². The van der Waals surface area contributed by atoms with Gasteiger partial charge in [0.2, 0.25) is 0 Å². The van der Waals surface area contributed by atoms with Crippen LogP contribution in [-0.4, -0.2) is 0 Å². The molecule has 0 radical (unpaired) electrons. The number of benzene rings is 2. The van der Waals surface area contributed by atoms with E-state index in [4.69, 9.17) is 0 Å². The van der Waals surface area contributed by atoms with E-state index in [0.717, 1.165) is 5.56 Å². The molecule has 0 atom stereocenters. The molecule has 0 nitrogen and oxygen atoms in total. The molecular formula is C12H8Li2. The van der Waals surface area contributed by atoms with E-state index in [2.05, 4.69) is 24.3 Å². The zero-order valence-electron chi connectivity index (χ0n) is 8.62. The van der Waals surface area contributed by atoms with Crippen LogP contribution in [-0.2, 0) is 0 Å². The molecule has 2 heteroatoms. The first kappa shape index (κ1) is 13.6. The molecule has 0 fully saturated rings. The Morgan fingerprint density at radius 3 is 1.86 bits per heavy atom. The van der Waals surface area contributed by atoms with Crippen LogP contribution < -0.4 is 37.7 Å². The summed E-state index contributed by atoms with van der Waals surface area (Å²) in [6, 6.07) is 22.0. The van der Waals surface area contributed by atoms with E-state index in [1.165, 1.54) is 5.56 Å². The molecule has 0 aliphatic rings. The van der Waals surface area contributed by atoms with Crippen LogP contribution in [0.1, 0.15) is 0 Å². The van der Waals surface area contributed by atoms with Crippen molar-refractivity contribution >= 4 is 0 Å². The van der Waals surface area contributed by atoms with Crippen molar-refractivity contribution in [2.45, 2.75) is 0 Å². The van der Waals surface area contributed by atoms with E-state index in [1.54, 1.807) is 6.07 Å². The van der Waals surface area contributed by atoms with E-state index >= 15 is 0 Å². The Morgan fingerprint density at radius 1 is 0.714 bits per heavy atom. The largest absolute Gasteiger partial charge is 1.00 e. The molecular weight excluding hydrogens is 158 g/mol. The molecule has 0 N–H and O–H groups in total. The Kier molecular flexibility index (Phi) is 6.81. The topological polar surface area (TPSA) is 0 Å². The maximum Gasteiger partial charge on any atom is 1.00 e. The molecule has 58 valence electrons. The van der Waals surface area contributed by atoms with Crippen LogP contribution in [0, 0.1) is 12.1 Å². The zero-order valence-corrected chi connectivity index (χ0v) is 8.62. The van der Waals surface area contributed by atoms with E-state index < -0.39 is 0 Å². The van der Waals surface area contributed by atoms with Crippen molar-refractivity contribution in [2.24, 2.45) is 0 Å². The summed E-state index contributed by atoms with van der Waals surface area (Å²) >= 11 is 0. The minimum atomic E-state index is 0. The van der Waals surface area contributed by atoms with Crippen molar-refractivity contribution in [1.29, 1.82) is 0 Å². The van der Waals surface area contributed by atoms with Crippen LogP contribution in [0.2, 0.25) is 0 Å². The second-order valence-corrected chi connectivity index (χ2v) is 2.59. The predicted molar refractivity (Wildman–Crippen MR) is 49.6 cm³/mol. The van der Waals surface area contributed by atoms with Crippen LogP contribution in [0.15, 0.2) is 48.5 Å². The minimum Gasteiger partial charge on any atom is -0.358 e. The maximum absolute atomic E-state index is 3.00. The van der Waals surface area contributed by atoms with Gasteiger partial charge in [0, 0.05) is 0 Å². The molecule has 0 unspecified atom stereocenters. The molecule has 0 saturated carbocycles. The van der Waals surface area contributed by atoms with Gasteiger partial charge in [0.25, 0.3) is 0 Å². The first-order valence-electron chi connectivity index (χ1n) is 3.89. The van der Waals surface area contributed by atoms with Crippen molar-refractivity contribution in [3.05, 3.63) is 60.7 Å². The molecule has 0 heterocycles. The van der Waals surface area contributed by atoms with Crippen molar-refractivity contribution < 1.29 is 37.7 Å². The maximum atomic E-state index is 3.00. The number of hydrogen-bond acceptors (Lipinski definition) is 0. The van der Waals surface area contributed by atoms with Gasteiger partial charge in [0.1, 0.15) is 0 Å². The van der Waals surface area contributed by atoms with Crippen LogP contribution in [0.5, 0.6) is 0 Å². The zero-order chi connectivity index (χ0) is 8.23. The quantitative estimate of drug-likeness (QED) is 0.312. The summed E-state index contributed by atoms with van der Waals surface area (Å²) in [4.78, 5) is 0. The van der Waals surface area contributed by atoms with Gasteiger partial charge in [-0.2, -0.15) is 0 Å². The number of rotatable bonds is 1. The molecule has 2 rings (SSSR count). The van der Waals surface area contributed by atoms with Gasteiger partial charge in [-0.25, -0.2) is 5.56 Å². The predicted octanol–water partition coefficient (Wildman–Crippen LogP) is -3.04. The first-order chi connectivity index (χ1) is 5.97. The smallest absolute Gasteiger partial charge is 0.358 e. The molecule has 0 amide bonds. The van der Waals surface area contributed by atoms with Crippen LogP contribution in [0.3, 0.4) is 0 Å². The fourth-order valence-corrected chi connectivity index (χ4v) is 1.15. The van der Waals surface area contributed by atoms with E-state index in [0.29, 0.717) is 0 Å². The van der Waals surface area contributed by atoms with Gasteiger partial charge in [0.15, 0.2) is 0 Å². The summed E-state index contributed by atoms with van der Waals surface area (Å²) in [5.41, 5.74) is 2.38. The van der Waals surface area contributed by atoms with Gasteiger partial charge >= 0.3 is 37.7 Å². The van der Waals surface area contributed by atoms with Gasteiger partial charge in [-0.3, -0.25) is 12.1 Å². The number of hydrogen-bond donors (Lipinski definition) is 0. The third kappa shape index (κ3) is 3.41. The molecule has 0 spiro atoms. The second kappa shape index (κ2) is 7.00. The second-order valence-electron chi connectivity index (χ2n) is 2.59. The van der Waals surface area contributed by atoms with Crippen LogP contribution >= 0.6 is 0 Å². The van der Waals surface area contributed by atoms with Crippen molar-refractivity contribution in [1.82, 2.24) is 0 Å². The van der Waals surface area contributed by atoms with Gasteiger partial charge in [-0.05, 0) is 0 Å². The first-order valence-corrected chi connectivity index (χ1v) is 3.89. The fraction of sp³-hybridized carbons (Fsp3) is 0. The molecule has 14 heavy (non-hydrogen) atoms. The van der Waals surface area contributed by atoms with Crippen LogP contribution in [0.25, 0.3) is 11.1 Å². The van der Waals surface area contributed by atoms with Crippen molar-refractivity contribution in [3.63, 3.8) is 0 Å². The normalized spacial score (nSPS) is 8.29.